The maximum atomic E-state index is 10.7. The summed E-state index contributed by atoms with van der Waals surface area (Å²) in [5, 5.41) is 22.0. The molecule has 2 aromatic carbocycles. The lowest BCUT2D eigenvalue weighted by Gasteiger charge is -2.44. The van der Waals surface area contributed by atoms with E-state index in [2.05, 4.69) is 93.6 Å². The first-order valence-corrected chi connectivity index (χ1v) is 14.5. The van der Waals surface area contributed by atoms with Gasteiger partial charge in [0.15, 0.2) is 0 Å². The Hall–Kier alpha value is -2.21. The highest BCUT2D eigenvalue weighted by molar-refractivity contribution is 6.99. The van der Waals surface area contributed by atoms with Gasteiger partial charge < -0.3 is 14.6 Å². The number of rotatable bonds is 11. The molecule has 0 aromatic heterocycles. The van der Waals surface area contributed by atoms with Gasteiger partial charge in [0.1, 0.15) is 0 Å². The second-order valence-electron chi connectivity index (χ2n) is 10.5. The molecule has 0 aliphatic heterocycles. The molecule has 2 aromatic rings. The first kappa shape index (κ1) is 26.4. The summed E-state index contributed by atoms with van der Waals surface area (Å²) in [7, 11) is -2.58. The Labute approximate surface area is 205 Å². The molecule has 0 radical (unpaired) electrons. The third kappa shape index (κ3) is 6.26. The summed E-state index contributed by atoms with van der Waals surface area (Å²) in [6, 6.07) is 21.4. The molecule has 34 heavy (non-hydrogen) atoms. The molecule has 1 aliphatic rings. The molecule has 3 rings (SSSR count). The molecule has 0 unspecified atom stereocenters. The highest BCUT2D eigenvalue weighted by atomic mass is 28.4. The summed E-state index contributed by atoms with van der Waals surface area (Å²) in [5.41, 5.74) is 0. The molecular formula is C29H40O4Si. The second kappa shape index (κ2) is 12.0. The average molecular weight is 481 g/mol. The summed E-state index contributed by atoms with van der Waals surface area (Å²) in [4.78, 5) is 10.7. The fourth-order valence-electron chi connectivity index (χ4n) is 5.42. The van der Waals surface area contributed by atoms with Gasteiger partial charge in [-0.1, -0.05) is 93.6 Å². The molecule has 1 aliphatic carbocycles. The van der Waals surface area contributed by atoms with Crippen molar-refractivity contribution in [3.8, 4) is 0 Å². The van der Waals surface area contributed by atoms with Crippen LogP contribution in [0.4, 0.5) is 0 Å². The van der Waals surface area contributed by atoms with E-state index in [1.165, 1.54) is 10.4 Å². The Morgan fingerprint density at radius 2 is 1.59 bits per heavy atom. The minimum Gasteiger partial charge on any atom is -0.481 e. The average Bonchev–Trinajstić information content (AvgIpc) is 3.16. The van der Waals surface area contributed by atoms with Crippen molar-refractivity contribution in [2.45, 2.75) is 70.4 Å². The summed E-state index contributed by atoms with van der Waals surface area (Å²) in [6.07, 6.45) is 8.08. The number of carboxylic acids is 1. The van der Waals surface area contributed by atoms with Crippen LogP contribution in [0.25, 0.3) is 0 Å². The summed E-state index contributed by atoms with van der Waals surface area (Å²) in [6.45, 7) is 7.52. The van der Waals surface area contributed by atoms with Gasteiger partial charge in [-0.2, -0.15) is 0 Å². The third-order valence-electron chi connectivity index (χ3n) is 7.20. The van der Waals surface area contributed by atoms with Crippen molar-refractivity contribution in [3.63, 3.8) is 0 Å². The Balaban J connectivity index is 1.79. The van der Waals surface area contributed by atoms with E-state index in [1.54, 1.807) is 0 Å². The van der Waals surface area contributed by atoms with Crippen molar-refractivity contribution in [3.05, 3.63) is 72.8 Å². The van der Waals surface area contributed by atoms with Crippen LogP contribution in [-0.4, -0.2) is 37.2 Å². The quantitative estimate of drug-likeness (QED) is 0.265. The first-order valence-electron chi connectivity index (χ1n) is 12.6. The SMILES string of the molecule is CC(C)(C)[Si](OC[C@H]1CC[C@H](O)[C@@H]1CC=CCCCC(=O)O)(c1ccccc1)c1ccccc1. The number of unbranched alkanes of at least 4 members (excludes halogenated alkanes) is 1. The smallest absolute Gasteiger partial charge is 0.303 e. The van der Waals surface area contributed by atoms with E-state index in [4.69, 9.17) is 9.53 Å². The summed E-state index contributed by atoms with van der Waals surface area (Å²) in [5.74, 6) is -0.269. The van der Waals surface area contributed by atoms with Crippen LogP contribution in [0.2, 0.25) is 5.04 Å². The molecule has 2 N–H and O–H groups in total. The fourth-order valence-corrected chi connectivity index (χ4v) is 10.0. The van der Waals surface area contributed by atoms with Gasteiger partial charge in [0.2, 0.25) is 0 Å². The molecule has 1 saturated carbocycles. The number of hydrogen-bond donors (Lipinski definition) is 2. The molecule has 0 bridgehead atoms. The zero-order chi connectivity index (χ0) is 24.6. The number of allylic oxidation sites excluding steroid dienone is 2. The molecule has 0 spiro atoms. The highest BCUT2D eigenvalue weighted by Gasteiger charge is 2.51. The standard InChI is InChI=1S/C29H40O4Si/c1-29(2,3)34(24-14-8-6-9-15-24,25-16-10-7-11-17-25)33-22-23-20-21-27(30)26(23)18-12-4-5-13-19-28(31)32/h4,6-12,14-17,23,26-27,30H,5,13,18-22H2,1-3H3,(H,31,32)/t23-,26-,27+/m1/s1. The van der Waals surface area contributed by atoms with Crippen LogP contribution in [0.5, 0.6) is 0 Å². The first-order chi connectivity index (χ1) is 16.3. The molecule has 0 amide bonds. The lowest BCUT2D eigenvalue weighted by atomic mass is 9.92. The van der Waals surface area contributed by atoms with Gasteiger partial charge in [-0.05, 0) is 59.4 Å². The van der Waals surface area contributed by atoms with Crippen molar-refractivity contribution in [2.75, 3.05) is 6.61 Å². The van der Waals surface area contributed by atoms with Crippen molar-refractivity contribution in [2.24, 2.45) is 11.8 Å². The number of hydrogen-bond acceptors (Lipinski definition) is 3. The number of benzene rings is 2. The Bertz CT molecular complexity index is 881. The van der Waals surface area contributed by atoms with Gasteiger partial charge in [0, 0.05) is 13.0 Å². The molecule has 0 heterocycles. The third-order valence-corrected chi connectivity index (χ3v) is 12.2. The van der Waals surface area contributed by atoms with E-state index in [1.807, 2.05) is 0 Å². The lowest BCUT2D eigenvalue weighted by molar-refractivity contribution is -0.137. The van der Waals surface area contributed by atoms with E-state index in [0.29, 0.717) is 18.9 Å². The van der Waals surface area contributed by atoms with E-state index in [9.17, 15) is 9.90 Å². The lowest BCUT2D eigenvalue weighted by Crippen LogP contribution is -2.67. The van der Waals surface area contributed by atoms with Crippen LogP contribution in [0, 0.1) is 11.8 Å². The maximum absolute atomic E-state index is 10.7. The van der Waals surface area contributed by atoms with Crippen LogP contribution in [0.3, 0.4) is 0 Å². The summed E-state index contributed by atoms with van der Waals surface area (Å²) < 4.78 is 7.14. The normalized spacial score (nSPS) is 21.2. The molecular weight excluding hydrogens is 440 g/mol. The van der Waals surface area contributed by atoms with Crippen molar-refractivity contribution < 1.29 is 19.4 Å². The number of aliphatic carboxylic acids is 1. The van der Waals surface area contributed by atoms with Gasteiger partial charge in [0.25, 0.3) is 8.32 Å². The molecule has 0 saturated heterocycles. The van der Waals surface area contributed by atoms with Gasteiger partial charge >= 0.3 is 5.97 Å². The highest BCUT2D eigenvalue weighted by Crippen LogP contribution is 2.40. The van der Waals surface area contributed by atoms with Crippen molar-refractivity contribution in [1.29, 1.82) is 0 Å². The van der Waals surface area contributed by atoms with Crippen LogP contribution in [-0.2, 0) is 9.22 Å². The van der Waals surface area contributed by atoms with Crippen LogP contribution >= 0.6 is 0 Å². The van der Waals surface area contributed by atoms with Gasteiger partial charge in [-0.15, -0.1) is 0 Å². The summed E-state index contributed by atoms with van der Waals surface area (Å²) >= 11 is 0. The van der Waals surface area contributed by atoms with Crippen LogP contribution < -0.4 is 10.4 Å². The number of aliphatic hydroxyl groups is 1. The molecule has 184 valence electrons. The molecule has 5 heteroatoms. The minimum absolute atomic E-state index is 0.0630. The Morgan fingerprint density at radius 1 is 1.00 bits per heavy atom. The van der Waals surface area contributed by atoms with E-state index in [0.717, 1.165) is 25.7 Å². The molecule has 1 fully saturated rings. The second-order valence-corrected chi connectivity index (χ2v) is 14.8. The maximum Gasteiger partial charge on any atom is 0.303 e. The monoisotopic (exact) mass is 480 g/mol. The predicted molar refractivity (Wildman–Crippen MR) is 141 cm³/mol. The van der Waals surface area contributed by atoms with E-state index < -0.39 is 14.3 Å². The van der Waals surface area contributed by atoms with Crippen molar-refractivity contribution >= 4 is 24.7 Å². The van der Waals surface area contributed by atoms with Crippen LogP contribution in [0.15, 0.2) is 72.8 Å². The number of carbonyl (C=O) groups is 1. The zero-order valence-electron chi connectivity index (χ0n) is 20.8. The van der Waals surface area contributed by atoms with E-state index in [-0.39, 0.29) is 23.5 Å². The van der Waals surface area contributed by atoms with Gasteiger partial charge in [-0.3, -0.25) is 4.79 Å². The fraction of sp³-hybridized carbons (Fsp3) is 0.483. The Kier molecular flexibility index (Phi) is 9.29. The Morgan fingerprint density at radius 3 is 2.12 bits per heavy atom. The molecule has 4 nitrogen and oxygen atoms in total. The number of carboxylic acid groups (broad SMARTS) is 1. The van der Waals surface area contributed by atoms with E-state index >= 15 is 0 Å². The van der Waals surface area contributed by atoms with Gasteiger partial charge in [-0.25, -0.2) is 0 Å². The minimum atomic E-state index is -2.58. The van der Waals surface area contributed by atoms with Gasteiger partial charge in [0.05, 0.1) is 6.10 Å². The largest absolute Gasteiger partial charge is 0.481 e. The van der Waals surface area contributed by atoms with Crippen LogP contribution in [0.1, 0.15) is 59.3 Å². The predicted octanol–water partition coefficient (Wildman–Crippen LogP) is 5.15. The zero-order valence-corrected chi connectivity index (χ0v) is 21.8. The van der Waals surface area contributed by atoms with Crippen molar-refractivity contribution in [1.82, 2.24) is 0 Å². The number of aliphatic hydroxyl groups excluding tert-OH is 1. The molecule has 3 atom stereocenters. The topological polar surface area (TPSA) is 66.8 Å².